The standard InChI is InChI=1S/C15H15FN2O4S/c1-23(20,21)17-9-12-4-5-14(22-12)15(19)18-7-6-10-2-3-11(16)8-13(10)18/h2-5,8,17H,6-7,9H2,1H3. The van der Waals surface area contributed by atoms with Gasteiger partial charge in [0.1, 0.15) is 11.6 Å². The average molecular weight is 338 g/mol. The molecule has 1 aliphatic heterocycles. The minimum absolute atomic E-state index is 0.0304. The molecule has 0 atom stereocenters. The van der Waals surface area contributed by atoms with Gasteiger partial charge in [0.15, 0.2) is 5.76 Å². The number of halogens is 1. The smallest absolute Gasteiger partial charge is 0.293 e. The molecule has 3 rings (SSSR count). The molecule has 0 fully saturated rings. The van der Waals surface area contributed by atoms with Gasteiger partial charge in [-0.3, -0.25) is 4.79 Å². The van der Waals surface area contributed by atoms with Gasteiger partial charge in [-0.25, -0.2) is 17.5 Å². The normalized spacial score (nSPS) is 14.1. The Hall–Kier alpha value is -2.19. The number of sulfonamides is 1. The van der Waals surface area contributed by atoms with Gasteiger partial charge in [-0.05, 0) is 36.2 Å². The monoisotopic (exact) mass is 338 g/mol. The highest BCUT2D eigenvalue weighted by Crippen LogP contribution is 2.30. The van der Waals surface area contributed by atoms with Crippen molar-refractivity contribution in [2.75, 3.05) is 17.7 Å². The van der Waals surface area contributed by atoms with Crippen molar-refractivity contribution in [1.29, 1.82) is 0 Å². The lowest BCUT2D eigenvalue weighted by atomic mass is 10.2. The highest BCUT2D eigenvalue weighted by Gasteiger charge is 2.27. The van der Waals surface area contributed by atoms with E-state index in [0.717, 1.165) is 11.8 Å². The van der Waals surface area contributed by atoms with E-state index >= 15 is 0 Å². The van der Waals surface area contributed by atoms with Crippen LogP contribution in [-0.4, -0.2) is 27.1 Å². The quantitative estimate of drug-likeness (QED) is 0.920. The van der Waals surface area contributed by atoms with Crippen molar-refractivity contribution in [3.8, 4) is 0 Å². The molecule has 1 amide bonds. The third-order valence-corrected chi connectivity index (χ3v) is 4.24. The molecule has 0 unspecified atom stereocenters. The van der Waals surface area contributed by atoms with Crippen LogP contribution in [0.25, 0.3) is 0 Å². The van der Waals surface area contributed by atoms with Crippen LogP contribution in [-0.2, 0) is 23.0 Å². The zero-order valence-electron chi connectivity index (χ0n) is 12.4. The molecule has 23 heavy (non-hydrogen) atoms. The Kier molecular flexibility index (Phi) is 3.95. The molecule has 2 aromatic rings. The van der Waals surface area contributed by atoms with Crippen LogP contribution in [0.15, 0.2) is 34.7 Å². The van der Waals surface area contributed by atoms with Crippen LogP contribution >= 0.6 is 0 Å². The Balaban J connectivity index is 1.78. The van der Waals surface area contributed by atoms with Crippen molar-refractivity contribution < 1.29 is 22.0 Å². The topological polar surface area (TPSA) is 79.6 Å². The molecule has 122 valence electrons. The summed E-state index contributed by atoms with van der Waals surface area (Å²) in [6.07, 6.45) is 1.70. The van der Waals surface area contributed by atoms with Gasteiger partial charge in [-0.15, -0.1) is 0 Å². The number of hydrogen-bond donors (Lipinski definition) is 1. The maximum Gasteiger partial charge on any atom is 0.293 e. The molecule has 0 radical (unpaired) electrons. The van der Waals surface area contributed by atoms with Gasteiger partial charge in [-0.1, -0.05) is 6.07 Å². The summed E-state index contributed by atoms with van der Waals surface area (Å²) < 4.78 is 43.2. The zero-order chi connectivity index (χ0) is 16.6. The number of fused-ring (bicyclic) bond motifs is 1. The predicted octanol–water partition coefficient (Wildman–Crippen LogP) is 1.67. The van der Waals surface area contributed by atoms with Gasteiger partial charge in [-0.2, -0.15) is 0 Å². The van der Waals surface area contributed by atoms with Crippen molar-refractivity contribution in [1.82, 2.24) is 4.72 Å². The maximum atomic E-state index is 13.4. The lowest BCUT2D eigenvalue weighted by Crippen LogP contribution is -2.28. The molecular weight excluding hydrogens is 323 g/mol. The van der Waals surface area contributed by atoms with E-state index < -0.39 is 15.8 Å². The van der Waals surface area contributed by atoms with Crippen LogP contribution in [0, 0.1) is 5.82 Å². The van der Waals surface area contributed by atoms with Crippen LogP contribution < -0.4 is 9.62 Å². The Labute approximate surface area is 132 Å². The maximum absolute atomic E-state index is 13.4. The molecule has 6 nitrogen and oxygen atoms in total. The number of carbonyl (C=O) groups excluding carboxylic acids is 1. The van der Waals surface area contributed by atoms with Gasteiger partial charge in [0.05, 0.1) is 18.5 Å². The number of amides is 1. The molecule has 1 N–H and O–H groups in total. The Morgan fingerprint density at radius 3 is 2.87 bits per heavy atom. The molecular formula is C15H15FN2O4S. The average Bonchev–Trinajstić information content (AvgIpc) is 3.10. The fourth-order valence-electron chi connectivity index (χ4n) is 2.49. The summed E-state index contributed by atoms with van der Waals surface area (Å²) in [5.41, 5.74) is 1.45. The predicted molar refractivity (Wildman–Crippen MR) is 82.2 cm³/mol. The van der Waals surface area contributed by atoms with Crippen LogP contribution in [0.5, 0.6) is 0 Å². The number of nitrogens with one attached hydrogen (secondary N) is 1. The van der Waals surface area contributed by atoms with Crippen molar-refractivity contribution >= 4 is 21.6 Å². The minimum Gasteiger partial charge on any atom is -0.455 e. The second kappa shape index (κ2) is 5.78. The molecule has 1 aliphatic rings. The van der Waals surface area contributed by atoms with Crippen molar-refractivity contribution in [2.24, 2.45) is 0 Å². The zero-order valence-corrected chi connectivity index (χ0v) is 13.2. The number of nitrogens with zero attached hydrogens (tertiary/aromatic N) is 1. The van der Waals surface area contributed by atoms with E-state index in [2.05, 4.69) is 4.72 Å². The number of hydrogen-bond acceptors (Lipinski definition) is 4. The fourth-order valence-corrected chi connectivity index (χ4v) is 2.89. The highest BCUT2D eigenvalue weighted by molar-refractivity contribution is 7.88. The third kappa shape index (κ3) is 3.43. The number of benzene rings is 1. The van der Waals surface area contributed by atoms with Gasteiger partial charge in [0.2, 0.25) is 10.0 Å². The molecule has 0 spiro atoms. The van der Waals surface area contributed by atoms with Gasteiger partial charge in [0, 0.05) is 6.54 Å². The van der Waals surface area contributed by atoms with Gasteiger partial charge >= 0.3 is 0 Å². The summed E-state index contributed by atoms with van der Waals surface area (Å²) in [5, 5.41) is 0. The summed E-state index contributed by atoms with van der Waals surface area (Å²) in [7, 11) is -3.34. The van der Waals surface area contributed by atoms with E-state index in [0.29, 0.717) is 24.4 Å². The SMILES string of the molecule is CS(=O)(=O)NCc1ccc(C(=O)N2CCc3ccc(F)cc32)o1. The van der Waals surface area contributed by atoms with Crippen molar-refractivity contribution in [3.05, 3.63) is 53.2 Å². The van der Waals surface area contributed by atoms with Crippen LogP contribution in [0.1, 0.15) is 21.9 Å². The second-order valence-electron chi connectivity index (χ2n) is 5.34. The number of carbonyl (C=O) groups is 1. The van der Waals surface area contributed by atoms with E-state index in [4.69, 9.17) is 4.42 Å². The molecule has 1 aromatic carbocycles. The molecule has 0 saturated heterocycles. The molecule has 0 bridgehead atoms. The first-order valence-corrected chi connectivity index (χ1v) is 8.86. The van der Waals surface area contributed by atoms with E-state index in [9.17, 15) is 17.6 Å². The number of anilines is 1. The lowest BCUT2D eigenvalue weighted by Gasteiger charge is -2.15. The van der Waals surface area contributed by atoms with E-state index in [1.807, 2.05) is 0 Å². The molecule has 0 aliphatic carbocycles. The lowest BCUT2D eigenvalue weighted by molar-refractivity contribution is 0.0961. The molecule has 1 aromatic heterocycles. The summed E-state index contributed by atoms with van der Waals surface area (Å²) in [6.45, 7) is 0.423. The second-order valence-corrected chi connectivity index (χ2v) is 7.17. The summed E-state index contributed by atoms with van der Waals surface area (Å²) in [6, 6.07) is 7.39. The summed E-state index contributed by atoms with van der Waals surface area (Å²) in [5.74, 6) is -0.356. The van der Waals surface area contributed by atoms with Crippen molar-refractivity contribution in [2.45, 2.75) is 13.0 Å². The summed E-state index contributed by atoms with van der Waals surface area (Å²) in [4.78, 5) is 14.0. The van der Waals surface area contributed by atoms with Crippen LogP contribution in [0.3, 0.4) is 0 Å². The van der Waals surface area contributed by atoms with Crippen LogP contribution in [0.2, 0.25) is 0 Å². The molecule has 8 heteroatoms. The van der Waals surface area contributed by atoms with E-state index in [-0.39, 0.29) is 18.2 Å². The third-order valence-electron chi connectivity index (χ3n) is 3.57. The Morgan fingerprint density at radius 2 is 2.13 bits per heavy atom. The molecule has 0 saturated carbocycles. The summed E-state index contributed by atoms with van der Waals surface area (Å²) >= 11 is 0. The van der Waals surface area contributed by atoms with Crippen molar-refractivity contribution in [3.63, 3.8) is 0 Å². The number of rotatable bonds is 4. The van der Waals surface area contributed by atoms with E-state index in [1.165, 1.54) is 29.2 Å². The minimum atomic E-state index is -3.34. The van der Waals surface area contributed by atoms with Gasteiger partial charge in [0.25, 0.3) is 5.91 Å². The first-order chi connectivity index (χ1) is 10.8. The largest absolute Gasteiger partial charge is 0.455 e. The molecule has 2 heterocycles. The first kappa shape index (κ1) is 15.7. The Bertz CT molecular complexity index is 860. The Morgan fingerprint density at radius 1 is 1.35 bits per heavy atom. The van der Waals surface area contributed by atoms with Gasteiger partial charge < -0.3 is 9.32 Å². The fraction of sp³-hybridized carbons (Fsp3) is 0.267. The number of furan rings is 1. The highest BCUT2D eigenvalue weighted by atomic mass is 32.2. The first-order valence-electron chi connectivity index (χ1n) is 6.97. The van der Waals surface area contributed by atoms with E-state index in [1.54, 1.807) is 6.07 Å². The van der Waals surface area contributed by atoms with Crippen LogP contribution in [0.4, 0.5) is 10.1 Å².